The molecule has 0 bridgehead atoms. The number of hydrogen-bond acceptors (Lipinski definition) is 6. The number of nitrogens with one attached hydrogen (secondary N) is 1. The first-order chi connectivity index (χ1) is 18.5. The molecule has 5 aromatic rings. The van der Waals surface area contributed by atoms with E-state index in [1.54, 1.807) is 10.8 Å². The summed E-state index contributed by atoms with van der Waals surface area (Å²) in [6, 6.07) is 11.9. The second-order valence-electron chi connectivity index (χ2n) is 9.61. The van der Waals surface area contributed by atoms with Gasteiger partial charge in [0.15, 0.2) is 5.82 Å². The van der Waals surface area contributed by atoms with Crippen molar-refractivity contribution in [1.29, 1.82) is 0 Å². The molecular formula is C28H32N8O2. The van der Waals surface area contributed by atoms with Crippen LogP contribution < -0.4 is 5.69 Å². The van der Waals surface area contributed by atoms with Crippen molar-refractivity contribution in [3.63, 3.8) is 0 Å². The lowest BCUT2D eigenvalue weighted by molar-refractivity contribution is 0.281. The first kappa shape index (κ1) is 25.3. The lowest BCUT2D eigenvalue weighted by Gasteiger charge is -2.15. The summed E-state index contributed by atoms with van der Waals surface area (Å²) in [6.07, 6.45) is 10.2. The van der Waals surface area contributed by atoms with Crippen LogP contribution in [0.4, 0.5) is 0 Å². The summed E-state index contributed by atoms with van der Waals surface area (Å²) in [5.41, 5.74) is 5.19. The number of rotatable bonds is 10. The molecule has 4 heterocycles. The fourth-order valence-electron chi connectivity index (χ4n) is 4.89. The molecule has 0 saturated carbocycles. The van der Waals surface area contributed by atoms with Gasteiger partial charge in [0, 0.05) is 47.7 Å². The summed E-state index contributed by atoms with van der Waals surface area (Å²) in [6.45, 7) is 6.48. The highest BCUT2D eigenvalue weighted by Gasteiger charge is 2.21. The molecule has 4 aromatic heterocycles. The molecule has 0 spiro atoms. The summed E-state index contributed by atoms with van der Waals surface area (Å²) in [4.78, 5) is 18.4. The minimum atomic E-state index is -0.145. The second-order valence-corrected chi connectivity index (χ2v) is 9.61. The molecule has 0 atom stereocenters. The summed E-state index contributed by atoms with van der Waals surface area (Å²) in [5, 5.41) is 24.4. The normalized spacial score (nSPS) is 11.5. The Balaban J connectivity index is 1.64. The van der Waals surface area contributed by atoms with Crippen LogP contribution in [0.15, 0.2) is 66.0 Å². The molecule has 10 heteroatoms. The van der Waals surface area contributed by atoms with Gasteiger partial charge in [-0.15, -0.1) is 5.10 Å². The summed E-state index contributed by atoms with van der Waals surface area (Å²) in [7, 11) is 0. The van der Waals surface area contributed by atoms with E-state index in [1.807, 2.05) is 64.1 Å². The fourth-order valence-corrected chi connectivity index (χ4v) is 4.89. The van der Waals surface area contributed by atoms with E-state index in [1.165, 1.54) is 0 Å². The zero-order valence-electron chi connectivity index (χ0n) is 21.9. The molecule has 0 saturated heterocycles. The van der Waals surface area contributed by atoms with Gasteiger partial charge in [0.05, 0.1) is 13.2 Å². The molecule has 196 valence electrons. The number of nitrogens with zero attached hydrogens (tertiary/aromatic N) is 7. The summed E-state index contributed by atoms with van der Waals surface area (Å²) in [5.74, 6) is 1.28. The number of aryl methyl sites for hydroxylation is 1. The molecule has 0 aliphatic heterocycles. The predicted molar refractivity (Wildman–Crippen MR) is 145 cm³/mol. The minimum Gasteiger partial charge on any atom is -0.392 e. The molecular weight excluding hydrogens is 480 g/mol. The molecule has 0 radical (unpaired) electrons. The van der Waals surface area contributed by atoms with Gasteiger partial charge in [-0.1, -0.05) is 37.6 Å². The molecule has 1 aromatic carbocycles. The zero-order chi connectivity index (χ0) is 26.6. The lowest BCUT2D eigenvalue weighted by atomic mass is 9.96. The van der Waals surface area contributed by atoms with Crippen LogP contribution in [-0.4, -0.2) is 44.4 Å². The largest absolute Gasteiger partial charge is 0.392 e. The van der Waals surface area contributed by atoms with Crippen LogP contribution >= 0.6 is 0 Å². The Morgan fingerprint density at radius 1 is 1.05 bits per heavy atom. The number of unbranched alkanes of at least 4 members (excludes halogenated alkanes) is 1. The third-order valence-corrected chi connectivity index (χ3v) is 6.82. The van der Waals surface area contributed by atoms with Crippen molar-refractivity contribution >= 4 is 0 Å². The van der Waals surface area contributed by atoms with Crippen molar-refractivity contribution in [1.82, 2.24) is 39.3 Å². The van der Waals surface area contributed by atoms with E-state index in [9.17, 15) is 9.90 Å². The van der Waals surface area contributed by atoms with Gasteiger partial charge in [-0.3, -0.25) is 14.1 Å². The maximum Gasteiger partial charge on any atom is 0.334 e. The minimum absolute atomic E-state index is 0.131. The van der Waals surface area contributed by atoms with E-state index in [4.69, 9.17) is 0 Å². The van der Waals surface area contributed by atoms with Crippen molar-refractivity contribution in [3.05, 3.63) is 88.5 Å². The summed E-state index contributed by atoms with van der Waals surface area (Å²) >= 11 is 0. The number of aromatic amines is 1. The van der Waals surface area contributed by atoms with Crippen LogP contribution in [0.2, 0.25) is 0 Å². The molecule has 38 heavy (non-hydrogen) atoms. The average molecular weight is 513 g/mol. The van der Waals surface area contributed by atoms with E-state index in [0.717, 1.165) is 52.8 Å². The van der Waals surface area contributed by atoms with Gasteiger partial charge < -0.3 is 9.67 Å². The van der Waals surface area contributed by atoms with E-state index in [-0.39, 0.29) is 18.3 Å². The molecule has 0 amide bonds. The van der Waals surface area contributed by atoms with E-state index < -0.39 is 0 Å². The fraction of sp³-hybridized carbons (Fsp3) is 0.321. The number of hydrogen-bond donors (Lipinski definition) is 2. The first-order valence-corrected chi connectivity index (χ1v) is 12.9. The number of imidazole rings is 1. The maximum atomic E-state index is 14.0. The smallest absolute Gasteiger partial charge is 0.334 e. The van der Waals surface area contributed by atoms with Gasteiger partial charge in [-0.2, -0.15) is 0 Å². The number of benzene rings is 1. The molecule has 0 aliphatic carbocycles. The monoisotopic (exact) mass is 512 g/mol. The quantitative estimate of drug-likeness (QED) is 0.290. The van der Waals surface area contributed by atoms with Gasteiger partial charge in [0.1, 0.15) is 5.82 Å². The maximum absolute atomic E-state index is 14.0. The molecule has 2 N–H and O–H groups in total. The number of H-pyrrole nitrogens is 1. The second kappa shape index (κ2) is 11.0. The molecule has 0 unspecified atom stereocenters. The Morgan fingerprint density at radius 2 is 1.87 bits per heavy atom. The van der Waals surface area contributed by atoms with Crippen LogP contribution in [0.3, 0.4) is 0 Å². The van der Waals surface area contributed by atoms with Crippen LogP contribution in [0.5, 0.6) is 0 Å². The number of aliphatic hydroxyl groups excluding tert-OH is 1. The van der Waals surface area contributed by atoms with Crippen molar-refractivity contribution in [2.45, 2.75) is 59.2 Å². The Morgan fingerprint density at radius 3 is 2.58 bits per heavy atom. The third kappa shape index (κ3) is 4.70. The van der Waals surface area contributed by atoms with E-state index in [0.29, 0.717) is 18.2 Å². The van der Waals surface area contributed by atoms with Crippen LogP contribution in [0.1, 0.15) is 56.5 Å². The van der Waals surface area contributed by atoms with Crippen molar-refractivity contribution in [2.24, 2.45) is 0 Å². The molecule has 5 rings (SSSR count). The highest BCUT2D eigenvalue weighted by Crippen LogP contribution is 2.32. The van der Waals surface area contributed by atoms with E-state index in [2.05, 4.69) is 46.4 Å². The Hall–Kier alpha value is -4.31. The Bertz CT molecular complexity index is 1580. The lowest BCUT2D eigenvalue weighted by Crippen LogP contribution is -2.27. The highest BCUT2D eigenvalue weighted by atomic mass is 16.3. The van der Waals surface area contributed by atoms with Gasteiger partial charge in [0.25, 0.3) is 0 Å². The zero-order valence-corrected chi connectivity index (χ0v) is 21.9. The Kier molecular flexibility index (Phi) is 7.32. The number of pyridine rings is 1. The molecule has 10 nitrogen and oxygen atoms in total. The number of tetrazole rings is 1. The van der Waals surface area contributed by atoms with Crippen molar-refractivity contribution in [3.8, 4) is 28.3 Å². The predicted octanol–water partition coefficient (Wildman–Crippen LogP) is 4.15. The Labute approximate surface area is 220 Å². The summed E-state index contributed by atoms with van der Waals surface area (Å²) < 4.78 is 5.53. The number of aliphatic hydroxyl groups is 1. The average Bonchev–Trinajstić information content (AvgIpc) is 3.68. The standard InChI is InChI=1S/C28H32N8O2/c1-4-5-8-22-17-36(27-20(18-37)12-14-34(27)19(2)3)28(38)35(22)16-21-15-29-13-11-23(21)24-9-6-7-10-25(24)26-30-32-33-31-26/h6-7,9-15,17,19,37H,4-5,8,16,18H2,1-3H3,(H,30,31,32,33). The number of aromatic nitrogens is 8. The highest BCUT2D eigenvalue weighted by molar-refractivity contribution is 5.81. The van der Waals surface area contributed by atoms with E-state index >= 15 is 0 Å². The van der Waals surface area contributed by atoms with Crippen LogP contribution in [0, 0.1) is 0 Å². The van der Waals surface area contributed by atoms with Gasteiger partial charge in [-0.05, 0) is 65.9 Å². The van der Waals surface area contributed by atoms with Gasteiger partial charge >= 0.3 is 5.69 Å². The van der Waals surface area contributed by atoms with Crippen molar-refractivity contribution in [2.75, 3.05) is 0 Å². The molecule has 0 aliphatic rings. The third-order valence-electron chi connectivity index (χ3n) is 6.82. The first-order valence-electron chi connectivity index (χ1n) is 12.9. The van der Waals surface area contributed by atoms with Crippen molar-refractivity contribution < 1.29 is 5.11 Å². The topological polar surface area (TPSA) is 119 Å². The van der Waals surface area contributed by atoms with Gasteiger partial charge in [-0.25, -0.2) is 9.89 Å². The van der Waals surface area contributed by atoms with Gasteiger partial charge in [0.2, 0.25) is 0 Å². The molecule has 0 fully saturated rings. The SMILES string of the molecule is CCCCc1cn(-c2c(CO)ccn2C(C)C)c(=O)n1Cc1cnccc1-c1ccccc1-c1nnn[nH]1. The van der Waals surface area contributed by atoms with Crippen LogP contribution in [-0.2, 0) is 19.6 Å². The van der Waals surface area contributed by atoms with Crippen LogP contribution in [0.25, 0.3) is 28.3 Å².